The lowest BCUT2D eigenvalue weighted by atomic mass is 10.2. The van der Waals surface area contributed by atoms with Crippen molar-refractivity contribution < 1.29 is 0 Å². The van der Waals surface area contributed by atoms with Crippen molar-refractivity contribution in [2.45, 2.75) is 13.5 Å². The van der Waals surface area contributed by atoms with Crippen LogP contribution >= 0.6 is 11.6 Å². The summed E-state index contributed by atoms with van der Waals surface area (Å²) < 4.78 is 3.45. The van der Waals surface area contributed by atoms with Crippen molar-refractivity contribution in [2.75, 3.05) is 31.1 Å². The first-order chi connectivity index (χ1) is 11.6. The molecule has 4 heterocycles. The maximum Gasteiger partial charge on any atom is 0.177 e. The number of aromatic nitrogens is 6. The molecule has 1 aliphatic heterocycles. The standard InChI is InChI=1S/C15H19ClN8/c1-11-12(15(16)21(2)19-11)9-22-5-7-23(8-6-22)14-4-3-13-18-17-10-24(13)20-14/h3-4,10H,5-9H2,1-2H3. The summed E-state index contributed by atoms with van der Waals surface area (Å²) in [4.78, 5) is 4.69. The quantitative estimate of drug-likeness (QED) is 0.708. The normalized spacial score (nSPS) is 16.2. The number of nitrogens with zero attached hydrogens (tertiary/aromatic N) is 8. The van der Waals surface area contributed by atoms with Crippen molar-refractivity contribution in [3.8, 4) is 0 Å². The van der Waals surface area contributed by atoms with E-state index in [1.165, 1.54) is 0 Å². The van der Waals surface area contributed by atoms with E-state index in [-0.39, 0.29) is 0 Å². The fraction of sp³-hybridized carbons (Fsp3) is 0.467. The zero-order chi connectivity index (χ0) is 16.7. The van der Waals surface area contributed by atoms with Gasteiger partial charge in [0, 0.05) is 45.3 Å². The van der Waals surface area contributed by atoms with Crippen LogP contribution in [0.5, 0.6) is 0 Å². The summed E-state index contributed by atoms with van der Waals surface area (Å²) in [6, 6.07) is 3.95. The molecular weight excluding hydrogens is 328 g/mol. The van der Waals surface area contributed by atoms with Gasteiger partial charge in [-0.1, -0.05) is 11.6 Å². The van der Waals surface area contributed by atoms with Crippen molar-refractivity contribution in [1.29, 1.82) is 0 Å². The average Bonchev–Trinajstić information content (AvgIpc) is 3.15. The number of fused-ring (bicyclic) bond motifs is 1. The molecule has 3 aromatic rings. The van der Waals surface area contributed by atoms with Crippen molar-refractivity contribution in [2.24, 2.45) is 7.05 Å². The van der Waals surface area contributed by atoms with E-state index in [0.29, 0.717) is 0 Å². The van der Waals surface area contributed by atoms with Crippen LogP contribution in [0.3, 0.4) is 0 Å². The summed E-state index contributed by atoms with van der Waals surface area (Å²) in [5.41, 5.74) is 2.89. The minimum Gasteiger partial charge on any atom is -0.353 e. The third kappa shape index (κ3) is 2.71. The third-order valence-corrected chi connectivity index (χ3v) is 4.97. The largest absolute Gasteiger partial charge is 0.353 e. The first-order valence-corrected chi connectivity index (χ1v) is 8.32. The van der Waals surface area contributed by atoms with Crippen LogP contribution in [0, 0.1) is 6.92 Å². The minimum absolute atomic E-state index is 0.731. The molecule has 0 aromatic carbocycles. The SMILES string of the molecule is Cc1nn(C)c(Cl)c1CN1CCN(c2ccc3nncn3n2)CC1. The minimum atomic E-state index is 0.731. The number of rotatable bonds is 3. The Kier molecular flexibility index (Phi) is 3.85. The van der Waals surface area contributed by atoms with Gasteiger partial charge in [-0.25, -0.2) is 0 Å². The summed E-state index contributed by atoms with van der Waals surface area (Å²) in [5, 5.41) is 17.5. The summed E-state index contributed by atoms with van der Waals surface area (Å²) >= 11 is 6.34. The van der Waals surface area contributed by atoms with Crippen LogP contribution in [0.1, 0.15) is 11.3 Å². The Morgan fingerprint density at radius 2 is 1.92 bits per heavy atom. The van der Waals surface area contributed by atoms with Gasteiger partial charge in [-0.05, 0) is 19.1 Å². The molecular formula is C15H19ClN8. The second-order valence-corrected chi connectivity index (χ2v) is 6.42. The van der Waals surface area contributed by atoms with Gasteiger partial charge in [0.05, 0.1) is 5.69 Å². The molecule has 9 heteroatoms. The molecule has 0 atom stereocenters. The third-order valence-electron chi connectivity index (χ3n) is 4.50. The lowest BCUT2D eigenvalue weighted by Crippen LogP contribution is -2.46. The van der Waals surface area contributed by atoms with Crippen LogP contribution in [0.15, 0.2) is 18.5 Å². The van der Waals surface area contributed by atoms with E-state index < -0.39 is 0 Å². The lowest BCUT2D eigenvalue weighted by Gasteiger charge is -2.35. The zero-order valence-corrected chi connectivity index (χ0v) is 14.5. The molecule has 0 aliphatic carbocycles. The van der Waals surface area contributed by atoms with E-state index in [4.69, 9.17) is 11.6 Å². The van der Waals surface area contributed by atoms with Gasteiger partial charge in [0.25, 0.3) is 0 Å². The first kappa shape index (κ1) is 15.3. The van der Waals surface area contributed by atoms with Crippen LogP contribution in [-0.2, 0) is 13.6 Å². The van der Waals surface area contributed by atoms with Gasteiger partial charge in [0.1, 0.15) is 17.3 Å². The molecule has 0 N–H and O–H groups in total. The summed E-state index contributed by atoms with van der Waals surface area (Å²) in [5.74, 6) is 0.956. The topological polar surface area (TPSA) is 67.4 Å². The average molecular weight is 347 g/mol. The number of hydrogen-bond acceptors (Lipinski definition) is 6. The Labute approximate surface area is 144 Å². The Bertz CT molecular complexity index is 862. The lowest BCUT2D eigenvalue weighted by molar-refractivity contribution is 0.248. The molecule has 8 nitrogen and oxygen atoms in total. The van der Waals surface area contributed by atoms with Crippen molar-refractivity contribution in [3.63, 3.8) is 0 Å². The summed E-state index contributed by atoms with van der Waals surface area (Å²) in [7, 11) is 1.88. The summed E-state index contributed by atoms with van der Waals surface area (Å²) in [6.07, 6.45) is 1.63. The zero-order valence-electron chi connectivity index (χ0n) is 13.7. The van der Waals surface area contributed by atoms with Crippen molar-refractivity contribution in [1.82, 2.24) is 34.5 Å². The fourth-order valence-corrected chi connectivity index (χ4v) is 3.33. The van der Waals surface area contributed by atoms with Crippen LogP contribution in [0.2, 0.25) is 5.15 Å². The van der Waals surface area contributed by atoms with Crippen molar-refractivity contribution >= 4 is 23.1 Å². The molecule has 0 spiro atoms. The van der Waals surface area contributed by atoms with Crippen LogP contribution in [0.4, 0.5) is 5.82 Å². The van der Waals surface area contributed by atoms with Gasteiger partial charge in [-0.2, -0.15) is 9.61 Å². The highest BCUT2D eigenvalue weighted by Gasteiger charge is 2.21. The highest BCUT2D eigenvalue weighted by molar-refractivity contribution is 6.30. The van der Waals surface area contributed by atoms with E-state index >= 15 is 0 Å². The number of piperazine rings is 1. The highest BCUT2D eigenvalue weighted by atomic mass is 35.5. The predicted molar refractivity (Wildman–Crippen MR) is 91.2 cm³/mol. The molecule has 3 aromatic heterocycles. The fourth-order valence-electron chi connectivity index (χ4n) is 3.10. The number of anilines is 1. The predicted octanol–water partition coefficient (Wildman–Crippen LogP) is 1.14. The van der Waals surface area contributed by atoms with E-state index in [1.807, 2.05) is 26.1 Å². The Morgan fingerprint density at radius 3 is 2.62 bits per heavy atom. The van der Waals surface area contributed by atoms with Gasteiger partial charge in [-0.3, -0.25) is 9.58 Å². The molecule has 126 valence electrons. The molecule has 1 fully saturated rings. The van der Waals surface area contributed by atoms with Gasteiger partial charge in [-0.15, -0.1) is 15.3 Å². The highest BCUT2D eigenvalue weighted by Crippen LogP contribution is 2.22. The second kappa shape index (κ2) is 6.03. The van der Waals surface area contributed by atoms with Crippen LogP contribution < -0.4 is 4.90 Å². The smallest absolute Gasteiger partial charge is 0.177 e. The molecule has 1 aliphatic rings. The molecule has 0 saturated carbocycles. The van der Waals surface area contributed by atoms with Gasteiger partial charge in [0.2, 0.25) is 0 Å². The molecule has 1 saturated heterocycles. The van der Waals surface area contributed by atoms with E-state index in [2.05, 4.69) is 30.2 Å². The van der Waals surface area contributed by atoms with E-state index in [9.17, 15) is 0 Å². The molecule has 0 amide bonds. The van der Waals surface area contributed by atoms with Gasteiger partial charge >= 0.3 is 0 Å². The molecule has 24 heavy (non-hydrogen) atoms. The molecule has 0 unspecified atom stereocenters. The van der Waals surface area contributed by atoms with Crippen LogP contribution in [-0.4, -0.2) is 60.7 Å². The summed E-state index contributed by atoms with van der Waals surface area (Å²) in [6.45, 7) is 6.63. The van der Waals surface area contributed by atoms with Gasteiger partial charge in [0.15, 0.2) is 5.65 Å². The number of aryl methyl sites for hydroxylation is 2. The van der Waals surface area contributed by atoms with Gasteiger partial charge < -0.3 is 4.90 Å². The Hall–Kier alpha value is -2.19. The Balaban J connectivity index is 1.42. The molecule has 0 bridgehead atoms. The maximum atomic E-state index is 6.34. The monoisotopic (exact) mass is 346 g/mol. The molecule has 4 rings (SSSR count). The maximum absolute atomic E-state index is 6.34. The number of hydrogen-bond donors (Lipinski definition) is 0. The van der Waals surface area contributed by atoms with E-state index in [1.54, 1.807) is 15.5 Å². The van der Waals surface area contributed by atoms with E-state index in [0.717, 1.165) is 60.6 Å². The van der Waals surface area contributed by atoms with Crippen LogP contribution in [0.25, 0.3) is 5.65 Å². The first-order valence-electron chi connectivity index (χ1n) is 7.94. The number of halogens is 1. The molecule has 0 radical (unpaired) electrons. The second-order valence-electron chi connectivity index (χ2n) is 6.07. The Morgan fingerprint density at radius 1 is 1.12 bits per heavy atom. The van der Waals surface area contributed by atoms with Crippen molar-refractivity contribution in [3.05, 3.63) is 34.9 Å².